The van der Waals surface area contributed by atoms with Crippen LogP contribution in [0.2, 0.25) is 0 Å². The van der Waals surface area contributed by atoms with E-state index in [0.29, 0.717) is 18.7 Å². The van der Waals surface area contributed by atoms with Crippen LogP contribution in [0.1, 0.15) is 28.4 Å². The molecule has 3 aromatic rings. The zero-order valence-electron chi connectivity index (χ0n) is 18.2. The molecule has 0 bridgehead atoms. The maximum atomic E-state index is 13.2. The number of carbonyl (C=O) groups excluding carboxylic acids is 2. The van der Waals surface area contributed by atoms with Gasteiger partial charge in [-0.3, -0.25) is 9.48 Å². The number of hydrogen-bond donors (Lipinski definition) is 2. The Labute approximate surface area is 195 Å². The van der Waals surface area contributed by atoms with Crippen molar-refractivity contribution in [1.29, 1.82) is 5.26 Å². The molecule has 1 saturated heterocycles. The average Bonchev–Trinajstić information content (AvgIpc) is 3.28. The highest BCUT2D eigenvalue weighted by Crippen LogP contribution is 2.30. The van der Waals surface area contributed by atoms with Gasteiger partial charge in [0.05, 0.1) is 18.0 Å². The largest absolute Gasteiger partial charge is 0.445 e. The van der Waals surface area contributed by atoms with E-state index < -0.39 is 29.8 Å². The number of piperidine rings is 1. The van der Waals surface area contributed by atoms with Crippen molar-refractivity contribution in [2.75, 3.05) is 18.4 Å². The summed E-state index contributed by atoms with van der Waals surface area (Å²) in [4.78, 5) is 26.2. The SMILES string of the molecule is N#CC1CCN(C(=O)OCc2ccccc2)CC1n1cc(C(N)=O)c(Nc2ccc(F)cc2)n1. The van der Waals surface area contributed by atoms with Crippen molar-refractivity contribution in [1.82, 2.24) is 14.7 Å². The van der Waals surface area contributed by atoms with Gasteiger partial charge in [-0.1, -0.05) is 30.3 Å². The molecular weight excluding hydrogens is 439 g/mol. The Bertz CT molecular complexity index is 1210. The maximum Gasteiger partial charge on any atom is 0.410 e. The molecule has 2 atom stereocenters. The highest BCUT2D eigenvalue weighted by Gasteiger charge is 2.35. The summed E-state index contributed by atoms with van der Waals surface area (Å²) in [7, 11) is 0. The lowest BCUT2D eigenvalue weighted by atomic mass is 9.93. The third-order valence-corrected chi connectivity index (χ3v) is 5.66. The van der Waals surface area contributed by atoms with Crippen molar-refractivity contribution in [2.45, 2.75) is 19.1 Å². The quantitative estimate of drug-likeness (QED) is 0.577. The smallest absolute Gasteiger partial charge is 0.410 e. The summed E-state index contributed by atoms with van der Waals surface area (Å²) in [5, 5.41) is 17.1. The molecule has 9 nitrogen and oxygen atoms in total. The number of primary amides is 1. The van der Waals surface area contributed by atoms with Gasteiger partial charge in [0.25, 0.3) is 5.91 Å². The van der Waals surface area contributed by atoms with Gasteiger partial charge in [0.2, 0.25) is 0 Å². The summed E-state index contributed by atoms with van der Waals surface area (Å²) in [6.07, 6.45) is 1.40. The van der Waals surface area contributed by atoms with Gasteiger partial charge >= 0.3 is 6.09 Å². The van der Waals surface area contributed by atoms with Gasteiger partial charge in [0.1, 0.15) is 18.0 Å². The van der Waals surface area contributed by atoms with Gasteiger partial charge < -0.3 is 20.7 Å². The number of hydrogen-bond acceptors (Lipinski definition) is 6. The Morgan fingerprint density at radius 1 is 1.21 bits per heavy atom. The third-order valence-electron chi connectivity index (χ3n) is 5.66. The van der Waals surface area contributed by atoms with Crippen molar-refractivity contribution < 1.29 is 18.7 Å². The second-order valence-corrected chi connectivity index (χ2v) is 7.95. The molecule has 0 saturated carbocycles. The van der Waals surface area contributed by atoms with Crippen LogP contribution in [0.4, 0.5) is 20.7 Å². The van der Waals surface area contributed by atoms with Crippen LogP contribution in [0.15, 0.2) is 60.8 Å². The molecule has 0 aliphatic carbocycles. The average molecular weight is 462 g/mol. The van der Waals surface area contributed by atoms with Gasteiger partial charge in [0, 0.05) is 25.0 Å². The molecule has 2 amide bonds. The standard InChI is InChI=1S/C24H23FN6O3/c25-18-6-8-19(9-7-18)28-23-20(22(27)32)13-31(29-23)21-14-30(11-10-17(21)12-26)24(33)34-15-16-4-2-1-3-5-16/h1-9,13,17,21H,10-11,14-15H2,(H2,27,32)(H,28,29). The van der Waals surface area contributed by atoms with E-state index in [0.717, 1.165) is 5.56 Å². The molecule has 4 rings (SSSR count). The first-order chi connectivity index (χ1) is 16.4. The molecule has 10 heteroatoms. The summed E-state index contributed by atoms with van der Waals surface area (Å²) in [6, 6.07) is 16.6. The molecule has 2 unspecified atom stereocenters. The molecule has 0 spiro atoms. The first-order valence-electron chi connectivity index (χ1n) is 10.7. The molecule has 34 heavy (non-hydrogen) atoms. The van der Waals surface area contributed by atoms with Gasteiger partial charge in [-0.2, -0.15) is 10.4 Å². The summed E-state index contributed by atoms with van der Waals surface area (Å²) in [6.45, 7) is 0.691. The number of likely N-dealkylation sites (tertiary alicyclic amines) is 1. The van der Waals surface area contributed by atoms with Crippen molar-refractivity contribution in [3.8, 4) is 6.07 Å². The van der Waals surface area contributed by atoms with E-state index in [4.69, 9.17) is 10.5 Å². The third kappa shape index (κ3) is 5.15. The Kier molecular flexibility index (Phi) is 6.73. The molecular formula is C24H23FN6O3. The molecule has 1 aliphatic rings. The molecule has 3 N–H and O–H groups in total. The van der Waals surface area contributed by atoms with Gasteiger partial charge in [-0.05, 0) is 36.2 Å². The Morgan fingerprint density at radius 2 is 1.94 bits per heavy atom. The molecule has 1 aromatic heterocycles. The fraction of sp³-hybridized carbons (Fsp3) is 0.250. The Balaban J connectivity index is 1.52. The monoisotopic (exact) mass is 462 g/mol. The first-order valence-corrected chi connectivity index (χ1v) is 10.7. The zero-order chi connectivity index (χ0) is 24.1. The predicted octanol–water partition coefficient (Wildman–Crippen LogP) is 3.59. The van der Waals surface area contributed by atoms with Crippen LogP contribution in [0.5, 0.6) is 0 Å². The molecule has 2 aromatic carbocycles. The minimum absolute atomic E-state index is 0.116. The van der Waals surface area contributed by atoms with Crippen molar-refractivity contribution in [2.24, 2.45) is 11.7 Å². The van der Waals surface area contributed by atoms with Crippen LogP contribution >= 0.6 is 0 Å². The predicted molar refractivity (Wildman–Crippen MR) is 121 cm³/mol. The number of nitriles is 1. The second kappa shape index (κ2) is 10.0. The van der Waals surface area contributed by atoms with E-state index in [1.165, 1.54) is 40.0 Å². The normalized spacial score (nSPS) is 17.6. The Morgan fingerprint density at radius 3 is 2.62 bits per heavy atom. The fourth-order valence-electron chi connectivity index (χ4n) is 3.83. The lowest BCUT2D eigenvalue weighted by Crippen LogP contribution is -2.44. The van der Waals surface area contributed by atoms with E-state index in [2.05, 4.69) is 16.5 Å². The zero-order valence-corrected chi connectivity index (χ0v) is 18.2. The van der Waals surface area contributed by atoms with Crippen molar-refractivity contribution >= 4 is 23.5 Å². The van der Waals surface area contributed by atoms with Crippen LogP contribution < -0.4 is 11.1 Å². The minimum Gasteiger partial charge on any atom is -0.445 e. The molecule has 0 radical (unpaired) electrons. The minimum atomic E-state index is -0.709. The van der Waals surface area contributed by atoms with Crippen LogP contribution in [-0.2, 0) is 11.3 Å². The van der Waals surface area contributed by atoms with Gasteiger partial charge in [-0.25, -0.2) is 9.18 Å². The number of halogens is 1. The number of carbonyl (C=O) groups is 2. The summed E-state index contributed by atoms with van der Waals surface area (Å²) in [5.74, 6) is -1.36. The van der Waals surface area contributed by atoms with Crippen LogP contribution in [0, 0.1) is 23.1 Å². The number of aromatic nitrogens is 2. The number of nitrogens with zero attached hydrogens (tertiary/aromatic N) is 4. The van der Waals surface area contributed by atoms with Gasteiger partial charge in [-0.15, -0.1) is 0 Å². The maximum absolute atomic E-state index is 13.2. The number of anilines is 2. The second-order valence-electron chi connectivity index (χ2n) is 7.95. The molecule has 174 valence electrons. The fourth-order valence-corrected chi connectivity index (χ4v) is 3.83. The van der Waals surface area contributed by atoms with Crippen molar-refractivity contribution in [3.05, 3.63) is 77.7 Å². The van der Waals surface area contributed by atoms with Gasteiger partial charge in [0.15, 0.2) is 5.82 Å². The van der Waals surface area contributed by atoms with E-state index in [1.54, 1.807) is 0 Å². The first kappa shape index (κ1) is 22.8. The topological polar surface area (TPSA) is 126 Å². The number of nitrogens with one attached hydrogen (secondary N) is 1. The summed E-state index contributed by atoms with van der Waals surface area (Å²) >= 11 is 0. The molecule has 1 fully saturated rings. The number of rotatable bonds is 6. The number of nitrogens with two attached hydrogens (primary N) is 1. The van der Waals surface area contributed by atoms with Crippen molar-refractivity contribution in [3.63, 3.8) is 0 Å². The lowest BCUT2D eigenvalue weighted by Gasteiger charge is -2.35. The molecule has 2 heterocycles. The highest BCUT2D eigenvalue weighted by atomic mass is 19.1. The highest BCUT2D eigenvalue weighted by molar-refractivity contribution is 5.98. The summed E-state index contributed by atoms with van der Waals surface area (Å²) in [5.41, 5.74) is 7.03. The Hall–Kier alpha value is -4.39. The molecule has 1 aliphatic heterocycles. The van der Waals surface area contributed by atoms with E-state index in [9.17, 15) is 19.2 Å². The van der Waals surface area contributed by atoms with Crippen LogP contribution in [-0.4, -0.2) is 39.8 Å². The number of amides is 2. The number of ether oxygens (including phenoxy) is 1. The van der Waals surface area contributed by atoms with E-state index in [1.807, 2.05) is 30.3 Å². The van der Waals surface area contributed by atoms with Crippen LogP contribution in [0.25, 0.3) is 0 Å². The summed E-state index contributed by atoms with van der Waals surface area (Å²) < 4.78 is 20.1. The number of benzene rings is 2. The van der Waals surface area contributed by atoms with E-state index >= 15 is 0 Å². The van der Waals surface area contributed by atoms with E-state index in [-0.39, 0.29) is 24.5 Å². The van der Waals surface area contributed by atoms with Crippen LogP contribution in [0.3, 0.4) is 0 Å². The lowest BCUT2D eigenvalue weighted by molar-refractivity contribution is 0.0714.